The molecule has 6 heteroatoms. The van der Waals surface area contributed by atoms with Crippen LogP contribution in [-0.4, -0.2) is 29.2 Å². The number of nitrogens with one attached hydrogen (secondary N) is 2. The van der Waals surface area contributed by atoms with Crippen molar-refractivity contribution >= 4 is 27.7 Å². The van der Waals surface area contributed by atoms with Crippen molar-refractivity contribution < 1.29 is 14.7 Å². The van der Waals surface area contributed by atoms with E-state index < -0.39 is 17.5 Å². The van der Waals surface area contributed by atoms with Crippen LogP contribution in [0, 0.1) is 12.3 Å². The van der Waals surface area contributed by atoms with Gasteiger partial charge >= 0.3 is 0 Å². The lowest BCUT2D eigenvalue weighted by atomic mass is 10.2. The molecule has 5 nitrogen and oxygen atoms in total. The predicted octanol–water partition coefficient (Wildman–Crippen LogP) is -1.17. The van der Waals surface area contributed by atoms with E-state index in [0.717, 1.165) is 6.08 Å². The predicted molar refractivity (Wildman–Crippen MR) is 51.9 cm³/mol. The molecule has 1 unspecified atom stereocenters. The second-order valence-corrected chi connectivity index (χ2v) is 3.45. The molecule has 0 bridgehead atoms. The Labute approximate surface area is 88.7 Å². The molecule has 2 amide bonds. The van der Waals surface area contributed by atoms with Gasteiger partial charge in [-0.2, -0.15) is 0 Å². The molecule has 0 spiro atoms. The summed E-state index contributed by atoms with van der Waals surface area (Å²) in [4.78, 5) is 22.2. The van der Waals surface area contributed by atoms with Gasteiger partial charge in [0, 0.05) is 0 Å². The van der Waals surface area contributed by atoms with Crippen molar-refractivity contribution in [2.45, 2.75) is 5.72 Å². The molecule has 0 aromatic rings. The number of carbonyl (C=O) groups is 2. The fraction of sp³-hybridized carbons (Fsp3) is 0.250. The Hall–Kier alpha value is -1.32. The number of terminal acetylenes is 1. The summed E-state index contributed by atoms with van der Waals surface area (Å²) in [7, 11) is 0. The van der Waals surface area contributed by atoms with Crippen molar-refractivity contribution in [1.82, 2.24) is 10.6 Å². The summed E-state index contributed by atoms with van der Waals surface area (Å²) in [5.74, 6) is 0.856. The Balaban J connectivity index is 2.74. The number of rotatable bonds is 2. The van der Waals surface area contributed by atoms with E-state index >= 15 is 0 Å². The molecule has 0 aromatic carbocycles. The van der Waals surface area contributed by atoms with Crippen molar-refractivity contribution in [3.63, 3.8) is 0 Å². The number of carbonyl (C=O) groups excluding carboxylic acids is 2. The molecule has 1 heterocycles. The molecular formula is C8H7BrN2O3. The van der Waals surface area contributed by atoms with Crippen molar-refractivity contribution in [2.24, 2.45) is 0 Å². The molecule has 1 aliphatic rings. The number of hydrogen-bond donors (Lipinski definition) is 3. The maximum Gasteiger partial charge on any atom is 0.278 e. The van der Waals surface area contributed by atoms with Gasteiger partial charge in [0.05, 0.1) is 11.0 Å². The molecule has 0 saturated heterocycles. The van der Waals surface area contributed by atoms with Crippen molar-refractivity contribution in [3.8, 4) is 12.3 Å². The third kappa shape index (κ3) is 1.95. The van der Waals surface area contributed by atoms with Crippen LogP contribution in [0.5, 0.6) is 0 Å². The van der Waals surface area contributed by atoms with Crippen LogP contribution in [0.2, 0.25) is 0 Å². The Morgan fingerprint density at radius 3 is 2.93 bits per heavy atom. The molecule has 3 N–H and O–H groups in total. The number of aliphatic hydroxyl groups is 1. The number of hydrogen-bond acceptors (Lipinski definition) is 3. The van der Waals surface area contributed by atoms with E-state index in [1.54, 1.807) is 0 Å². The standard InChI is InChI=1S/C8H7BrN2O3/c1-2-3-10-7(13)8(14)4-5(9)6(12)11-8/h1,4,14H,3H2,(H,10,13)(H,11,12). The van der Waals surface area contributed by atoms with Crippen LogP contribution in [0.1, 0.15) is 0 Å². The maximum absolute atomic E-state index is 11.3. The molecular weight excluding hydrogens is 252 g/mol. The zero-order valence-corrected chi connectivity index (χ0v) is 8.59. The molecule has 1 aliphatic heterocycles. The third-order valence-corrected chi connectivity index (χ3v) is 2.14. The average Bonchev–Trinajstić information content (AvgIpc) is 2.38. The second-order valence-electron chi connectivity index (χ2n) is 2.60. The van der Waals surface area contributed by atoms with E-state index in [9.17, 15) is 14.7 Å². The smallest absolute Gasteiger partial charge is 0.278 e. The highest BCUT2D eigenvalue weighted by Gasteiger charge is 2.41. The minimum Gasteiger partial charge on any atom is -0.360 e. The van der Waals surface area contributed by atoms with Gasteiger partial charge in [0.15, 0.2) is 0 Å². The van der Waals surface area contributed by atoms with E-state index in [1.165, 1.54) is 0 Å². The van der Waals surface area contributed by atoms with Gasteiger partial charge in [-0.25, -0.2) is 0 Å². The van der Waals surface area contributed by atoms with Crippen molar-refractivity contribution in [2.75, 3.05) is 6.54 Å². The van der Waals surface area contributed by atoms with Gasteiger partial charge < -0.3 is 15.7 Å². The van der Waals surface area contributed by atoms with E-state index in [1.807, 2.05) is 0 Å². The lowest BCUT2D eigenvalue weighted by Crippen LogP contribution is -2.54. The van der Waals surface area contributed by atoms with Gasteiger partial charge in [0.1, 0.15) is 0 Å². The molecule has 0 fully saturated rings. The van der Waals surface area contributed by atoms with E-state index in [0.29, 0.717) is 0 Å². The molecule has 74 valence electrons. The fourth-order valence-corrected chi connectivity index (χ4v) is 1.34. The summed E-state index contributed by atoms with van der Waals surface area (Å²) in [6, 6.07) is 0. The van der Waals surface area contributed by atoms with Gasteiger partial charge in [-0.3, -0.25) is 9.59 Å². The quantitative estimate of drug-likeness (QED) is 0.547. The molecule has 1 rings (SSSR count). The normalized spacial score (nSPS) is 24.9. The highest BCUT2D eigenvalue weighted by atomic mass is 79.9. The van der Waals surface area contributed by atoms with E-state index in [2.05, 4.69) is 32.5 Å². The van der Waals surface area contributed by atoms with Crippen LogP contribution in [0.4, 0.5) is 0 Å². The molecule has 14 heavy (non-hydrogen) atoms. The molecule has 0 aromatic heterocycles. The van der Waals surface area contributed by atoms with Gasteiger partial charge in [-0.1, -0.05) is 5.92 Å². The first-order chi connectivity index (χ1) is 6.49. The Bertz CT molecular complexity index is 358. The van der Waals surface area contributed by atoms with Crippen LogP contribution in [0.15, 0.2) is 10.6 Å². The maximum atomic E-state index is 11.3. The summed E-state index contributed by atoms with van der Waals surface area (Å²) in [5.41, 5.74) is -2.01. The van der Waals surface area contributed by atoms with Gasteiger partial charge in [0.25, 0.3) is 11.8 Å². The summed E-state index contributed by atoms with van der Waals surface area (Å²) >= 11 is 2.88. The topological polar surface area (TPSA) is 78.4 Å². The third-order valence-electron chi connectivity index (χ3n) is 1.55. The van der Waals surface area contributed by atoms with Crippen LogP contribution >= 0.6 is 15.9 Å². The Kier molecular flexibility index (Phi) is 2.93. The van der Waals surface area contributed by atoms with Crippen LogP contribution in [-0.2, 0) is 9.59 Å². The first-order valence-electron chi connectivity index (χ1n) is 3.64. The van der Waals surface area contributed by atoms with Crippen LogP contribution in [0.25, 0.3) is 0 Å². The number of halogens is 1. The van der Waals surface area contributed by atoms with Crippen molar-refractivity contribution in [3.05, 3.63) is 10.6 Å². The Morgan fingerprint density at radius 1 is 1.86 bits per heavy atom. The first kappa shape index (κ1) is 10.8. The summed E-state index contributed by atoms with van der Waals surface area (Å²) < 4.78 is 0.107. The highest BCUT2D eigenvalue weighted by molar-refractivity contribution is 9.12. The monoisotopic (exact) mass is 258 g/mol. The average molecular weight is 259 g/mol. The van der Waals surface area contributed by atoms with Gasteiger partial charge in [-0.15, -0.1) is 6.42 Å². The first-order valence-corrected chi connectivity index (χ1v) is 4.44. The minimum absolute atomic E-state index is 0.0114. The SMILES string of the molecule is C#CCNC(=O)C1(O)C=C(Br)C(=O)N1. The second kappa shape index (κ2) is 3.82. The highest BCUT2D eigenvalue weighted by Crippen LogP contribution is 2.19. The lowest BCUT2D eigenvalue weighted by Gasteiger charge is -2.18. The van der Waals surface area contributed by atoms with Crippen molar-refractivity contribution in [1.29, 1.82) is 0 Å². The fourth-order valence-electron chi connectivity index (χ4n) is 0.906. The van der Waals surface area contributed by atoms with Gasteiger partial charge in [-0.05, 0) is 22.0 Å². The van der Waals surface area contributed by atoms with Crippen LogP contribution < -0.4 is 10.6 Å². The molecule has 1 atom stereocenters. The minimum atomic E-state index is -2.01. The van der Waals surface area contributed by atoms with Crippen LogP contribution in [0.3, 0.4) is 0 Å². The summed E-state index contributed by atoms with van der Waals surface area (Å²) in [6.45, 7) is -0.0114. The summed E-state index contributed by atoms with van der Waals surface area (Å²) in [6.07, 6.45) is 5.99. The zero-order valence-electron chi connectivity index (χ0n) is 7.00. The van der Waals surface area contributed by atoms with E-state index in [-0.39, 0.29) is 11.0 Å². The molecule has 0 aliphatic carbocycles. The summed E-state index contributed by atoms with van der Waals surface area (Å²) in [5, 5.41) is 13.9. The Morgan fingerprint density at radius 2 is 2.50 bits per heavy atom. The molecule has 0 saturated carbocycles. The zero-order chi connectivity index (χ0) is 10.8. The molecule has 0 radical (unpaired) electrons. The number of amides is 2. The van der Waals surface area contributed by atoms with Gasteiger partial charge in [0.2, 0.25) is 5.72 Å². The van der Waals surface area contributed by atoms with E-state index in [4.69, 9.17) is 6.42 Å². The largest absolute Gasteiger partial charge is 0.360 e. The lowest BCUT2D eigenvalue weighted by molar-refractivity contribution is -0.140.